The fourth-order valence-corrected chi connectivity index (χ4v) is 1.35. The van der Waals surface area contributed by atoms with E-state index in [4.69, 9.17) is 5.73 Å². The molecule has 1 heteroatoms. The van der Waals surface area contributed by atoms with Gasteiger partial charge in [0.1, 0.15) is 0 Å². The minimum atomic E-state index is 0.432. The fourth-order valence-electron chi connectivity index (χ4n) is 1.35. The van der Waals surface area contributed by atoms with Crippen LogP contribution in [0.5, 0.6) is 0 Å². The fraction of sp³-hybridized carbons (Fsp3) is 1.00. The molecule has 1 nitrogen and oxygen atoms in total. The van der Waals surface area contributed by atoms with Gasteiger partial charge in [-0.15, -0.1) is 0 Å². The lowest BCUT2D eigenvalue weighted by Gasteiger charge is -2.14. The van der Waals surface area contributed by atoms with Crippen molar-refractivity contribution in [2.45, 2.75) is 58.9 Å². The predicted molar refractivity (Wildman–Crippen MR) is 51.6 cm³/mol. The third-order valence-corrected chi connectivity index (χ3v) is 2.28. The van der Waals surface area contributed by atoms with Crippen LogP contribution in [0.25, 0.3) is 0 Å². The molecule has 2 atom stereocenters. The molecule has 0 spiro atoms. The molecule has 11 heavy (non-hydrogen) atoms. The minimum absolute atomic E-state index is 0.432. The molecule has 0 bridgehead atoms. The number of hydrogen-bond acceptors (Lipinski definition) is 1. The first kappa shape index (κ1) is 11.0. The summed E-state index contributed by atoms with van der Waals surface area (Å²) in [5.74, 6) is 0.824. The Morgan fingerprint density at radius 2 is 1.91 bits per heavy atom. The maximum Gasteiger partial charge on any atom is 0.00387 e. The van der Waals surface area contributed by atoms with Crippen molar-refractivity contribution in [2.75, 3.05) is 0 Å². The molecule has 0 aromatic carbocycles. The van der Waals surface area contributed by atoms with Crippen LogP contribution < -0.4 is 5.73 Å². The first-order valence-corrected chi connectivity index (χ1v) is 4.96. The largest absolute Gasteiger partial charge is 0.328 e. The van der Waals surface area contributed by atoms with E-state index in [2.05, 4.69) is 20.8 Å². The molecule has 0 amide bonds. The second-order valence-corrected chi connectivity index (χ2v) is 3.65. The van der Waals surface area contributed by atoms with E-state index in [0.717, 1.165) is 12.3 Å². The Morgan fingerprint density at radius 3 is 2.36 bits per heavy atom. The van der Waals surface area contributed by atoms with Crippen LogP contribution in [0, 0.1) is 5.92 Å². The molecule has 0 fully saturated rings. The lowest BCUT2D eigenvalue weighted by atomic mass is 9.96. The van der Waals surface area contributed by atoms with E-state index in [9.17, 15) is 0 Å². The van der Waals surface area contributed by atoms with Gasteiger partial charge in [-0.05, 0) is 18.8 Å². The molecule has 0 aliphatic rings. The monoisotopic (exact) mass is 157 g/mol. The van der Waals surface area contributed by atoms with Gasteiger partial charge in [-0.2, -0.15) is 0 Å². The molecule has 0 saturated carbocycles. The maximum absolute atomic E-state index is 5.85. The molecule has 0 aliphatic heterocycles. The molecular formula is C10H23N. The van der Waals surface area contributed by atoms with Gasteiger partial charge in [-0.25, -0.2) is 0 Å². The van der Waals surface area contributed by atoms with Crippen LogP contribution in [0.3, 0.4) is 0 Å². The van der Waals surface area contributed by atoms with Crippen LogP contribution in [-0.4, -0.2) is 6.04 Å². The Morgan fingerprint density at radius 1 is 1.27 bits per heavy atom. The van der Waals surface area contributed by atoms with Crippen molar-refractivity contribution in [3.8, 4) is 0 Å². The van der Waals surface area contributed by atoms with Crippen LogP contribution in [0.1, 0.15) is 52.9 Å². The van der Waals surface area contributed by atoms with E-state index >= 15 is 0 Å². The van der Waals surface area contributed by atoms with Crippen LogP contribution in [-0.2, 0) is 0 Å². The summed E-state index contributed by atoms with van der Waals surface area (Å²) in [5.41, 5.74) is 5.85. The summed E-state index contributed by atoms with van der Waals surface area (Å²) >= 11 is 0. The summed E-state index contributed by atoms with van der Waals surface area (Å²) < 4.78 is 0. The summed E-state index contributed by atoms with van der Waals surface area (Å²) in [7, 11) is 0. The highest BCUT2D eigenvalue weighted by atomic mass is 14.6. The quantitative estimate of drug-likeness (QED) is 0.630. The van der Waals surface area contributed by atoms with Crippen LogP contribution >= 0.6 is 0 Å². The molecule has 0 heterocycles. The first-order valence-electron chi connectivity index (χ1n) is 4.96. The van der Waals surface area contributed by atoms with Crippen molar-refractivity contribution in [3.63, 3.8) is 0 Å². The van der Waals surface area contributed by atoms with E-state index in [0.29, 0.717) is 6.04 Å². The zero-order valence-electron chi connectivity index (χ0n) is 8.27. The average Bonchev–Trinajstić information content (AvgIpc) is 2.00. The van der Waals surface area contributed by atoms with Gasteiger partial charge >= 0.3 is 0 Å². The Balaban J connectivity index is 3.27. The van der Waals surface area contributed by atoms with Crippen LogP contribution in [0.2, 0.25) is 0 Å². The summed E-state index contributed by atoms with van der Waals surface area (Å²) in [4.78, 5) is 0. The summed E-state index contributed by atoms with van der Waals surface area (Å²) in [5, 5.41) is 0. The topological polar surface area (TPSA) is 26.0 Å². The number of unbranched alkanes of at least 4 members (excludes halogenated alkanes) is 1. The van der Waals surface area contributed by atoms with Crippen LogP contribution in [0.4, 0.5) is 0 Å². The molecule has 2 N–H and O–H groups in total. The lowest BCUT2D eigenvalue weighted by molar-refractivity contribution is 0.419. The smallest absolute Gasteiger partial charge is 0.00387 e. The van der Waals surface area contributed by atoms with Crippen molar-refractivity contribution < 1.29 is 0 Å². The summed E-state index contributed by atoms with van der Waals surface area (Å²) in [6.45, 7) is 6.72. The van der Waals surface area contributed by atoms with Crippen molar-refractivity contribution in [2.24, 2.45) is 11.7 Å². The Labute approximate surface area is 71.4 Å². The minimum Gasteiger partial charge on any atom is -0.328 e. The number of rotatable bonds is 6. The molecule has 0 saturated heterocycles. The standard InChI is InChI=1S/C10H23N/c1-4-6-7-9(3)8-10(11)5-2/h9-10H,4-8,11H2,1-3H3. The number of nitrogens with two attached hydrogens (primary N) is 1. The van der Waals surface area contributed by atoms with Crippen molar-refractivity contribution in [3.05, 3.63) is 0 Å². The second kappa shape index (κ2) is 6.66. The van der Waals surface area contributed by atoms with Crippen molar-refractivity contribution >= 4 is 0 Å². The molecular weight excluding hydrogens is 134 g/mol. The van der Waals surface area contributed by atoms with E-state index < -0.39 is 0 Å². The SMILES string of the molecule is CCCCC(C)CC(N)CC. The van der Waals surface area contributed by atoms with Gasteiger partial charge in [0.25, 0.3) is 0 Å². The van der Waals surface area contributed by atoms with E-state index in [1.165, 1.54) is 25.7 Å². The number of hydrogen-bond donors (Lipinski definition) is 1. The van der Waals surface area contributed by atoms with E-state index in [1.54, 1.807) is 0 Å². The Bertz CT molecular complexity index is 80.9. The average molecular weight is 157 g/mol. The zero-order valence-corrected chi connectivity index (χ0v) is 8.27. The third kappa shape index (κ3) is 6.36. The van der Waals surface area contributed by atoms with Gasteiger partial charge in [0.2, 0.25) is 0 Å². The van der Waals surface area contributed by atoms with Crippen LogP contribution in [0.15, 0.2) is 0 Å². The van der Waals surface area contributed by atoms with Crippen molar-refractivity contribution in [1.29, 1.82) is 0 Å². The maximum atomic E-state index is 5.85. The summed E-state index contributed by atoms with van der Waals surface area (Å²) in [6.07, 6.45) is 6.35. The predicted octanol–water partition coefficient (Wildman–Crippen LogP) is 2.94. The molecule has 0 aromatic heterocycles. The van der Waals surface area contributed by atoms with Gasteiger partial charge in [0.15, 0.2) is 0 Å². The van der Waals surface area contributed by atoms with Crippen molar-refractivity contribution in [1.82, 2.24) is 0 Å². The van der Waals surface area contributed by atoms with Gasteiger partial charge in [-0.1, -0.05) is 40.0 Å². The second-order valence-electron chi connectivity index (χ2n) is 3.65. The summed E-state index contributed by atoms with van der Waals surface area (Å²) in [6, 6.07) is 0.432. The third-order valence-electron chi connectivity index (χ3n) is 2.28. The zero-order chi connectivity index (χ0) is 8.69. The Kier molecular flexibility index (Phi) is 6.63. The molecule has 0 aromatic rings. The highest BCUT2D eigenvalue weighted by Crippen LogP contribution is 2.13. The highest BCUT2D eigenvalue weighted by Gasteiger charge is 2.05. The molecule has 0 rings (SSSR count). The van der Waals surface area contributed by atoms with E-state index in [-0.39, 0.29) is 0 Å². The van der Waals surface area contributed by atoms with Gasteiger partial charge in [0.05, 0.1) is 0 Å². The van der Waals surface area contributed by atoms with E-state index in [1.807, 2.05) is 0 Å². The van der Waals surface area contributed by atoms with Gasteiger partial charge in [-0.3, -0.25) is 0 Å². The van der Waals surface area contributed by atoms with Gasteiger partial charge < -0.3 is 5.73 Å². The highest BCUT2D eigenvalue weighted by molar-refractivity contribution is 4.63. The normalized spacial score (nSPS) is 16.4. The molecule has 68 valence electrons. The lowest BCUT2D eigenvalue weighted by Crippen LogP contribution is -2.21. The molecule has 0 aliphatic carbocycles. The molecule has 0 radical (unpaired) electrons. The molecule has 2 unspecified atom stereocenters. The van der Waals surface area contributed by atoms with Gasteiger partial charge in [0, 0.05) is 6.04 Å². The first-order chi connectivity index (χ1) is 5.20. The Hall–Kier alpha value is -0.0400.